The van der Waals surface area contributed by atoms with Crippen molar-refractivity contribution in [3.05, 3.63) is 16.2 Å². The second-order valence-corrected chi connectivity index (χ2v) is 3.40. The number of aromatic amines is 1. The number of hydrogen-bond donors (Lipinski definition) is 2. The Bertz CT molecular complexity index is 364. The Balaban J connectivity index is 2.38. The first-order chi connectivity index (χ1) is 6.18. The molecule has 1 aromatic heterocycles. The van der Waals surface area contributed by atoms with Crippen molar-refractivity contribution < 1.29 is 4.74 Å². The summed E-state index contributed by atoms with van der Waals surface area (Å²) in [6, 6.07) is -0.0400. The molecule has 1 unspecified atom stereocenters. The molecule has 72 valence electrons. The molecule has 0 fully saturated rings. The fourth-order valence-corrected chi connectivity index (χ4v) is 1.54. The average Bonchev–Trinajstić information content (AvgIpc) is 2.55. The zero-order valence-electron chi connectivity index (χ0n) is 7.54. The lowest BCUT2D eigenvalue weighted by Gasteiger charge is -2.07. The number of nitrogens with one attached hydrogen (secondary N) is 1. The summed E-state index contributed by atoms with van der Waals surface area (Å²) in [5.74, 6) is 0.669. The fraction of sp³-hybridized carbons (Fsp3) is 0.625. The second-order valence-electron chi connectivity index (χ2n) is 3.40. The van der Waals surface area contributed by atoms with Crippen LogP contribution in [0.3, 0.4) is 0 Å². The summed E-state index contributed by atoms with van der Waals surface area (Å²) in [6.07, 6.45) is 0.788. The van der Waals surface area contributed by atoms with Crippen molar-refractivity contribution >= 4 is 0 Å². The Labute approximate surface area is 75.5 Å². The largest absolute Gasteiger partial charge is 0.477 e. The number of fused-ring (bicyclic) bond motifs is 1. The molecule has 0 radical (unpaired) electrons. The van der Waals surface area contributed by atoms with Crippen molar-refractivity contribution in [3.8, 4) is 5.88 Å². The fourth-order valence-electron chi connectivity index (χ4n) is 1.54. The van der Waals surface area contributed by atoms with Crippen LogP contribution in [0.1, 0.15) is 12.6 Å². The Morgan fingerprint density at radius 3 is 3.23 bits per heavy atom. The van der Waals surface area contributed by atoms with Gasteiger partial charge in [0.25, 0.3) is 0 Å². The van der Waals surface area contributed by atoms with Crippen LogP contribution < -0.4 is 16.2 Å². The van der Waals surface area contributed by atoms with Gasteiger partial charge in [0.2, 0.25) is 5.88 Å². The normalized spacial score (nSPS) is 16.8. The minimum atomic E-state index is -0.123. The lowest BCUT2D eigenvalue weighted by atomic mass is 10.3. The van der Waals surface area contributed by atoms with Gasteiger partial charge in [0.05, 0.1) is 12.3 Å². The first kappa shape index (κ1) is 8.37. The van der Waals surface area contributed by atoms with E-state index in [2.05, 4.69) is 4.98 Å². The van der Waals surface area contributed by atoms with Gasteiger partial charge >= 0.3 is 5.69 Å². The highest BCUT2D eigenvalue weighted by molar-refractivity contribution is 5.24. The van der Waals surface area contributed by atoms with E-state index in [0.29, 0.717) is 19.0 Å². The molecule has 0 amide bonds. The average molecular weight is 183 g/mol. The molecule has 0 saturated carbocycles. The predicted octanol–water partition coefficient (Wildman–Crippen LogP) is -0.541. The van der Waals surface area contributed by atoms with Crippen LogP contribution >= 0.6 is 0 Å². The molecule has 5 heteroatoms. The molecule has 1 atom stereocenters. The Kier molecular flexibility index (Phi) is 1.88. The molecule has 0 bridgehead atoms. The van der Waals surface area contributed by atoms with Gasteiger partial charge in [-0.15, -0.1) is 0 Å². The van der Waals surface area contributed by atoms with Crippen LogP contribution in [-0.2, 0) is 13.0 Å². The van der Waals surface area contributed by atoms with Gasteiger partial charge in [0, 0.05) is 19.0 Å². The van der Waals surface area contributed by atoms with Gasteiger partial charge in [-0.05, 0) is 6.92 Å². The molecule has 3 N–H and O–H groups in total. The van der Waals surface area contributed by atoms with Crippen molar-refractivity contribution in [1.82, 2.24) is 9.55 Å². The molecule has 0 spiro atoms. The van der Waals surface area contributed by atoms with E-state index in [-0.39, 0.29) is 11.7 Å². The first-order valence-electron chi connectivity index (χ1n) is 4.38. The molecule has 0 aromatic carbocycles. The van der Waals surface area contributed by atoms with Crippen molar-refractivity contribution in [2.24, 2.45) is 5.73 Å². The van der Waals surface area contributed by atoms with Gasteiger partial charge < -0.3 is 15.5 Å². The molecule has 13 heavy (non-hydrogen) atoms. The van der Waals surface area contributed by atoms with Crippen LogP contribution in [-0.4, -0.2) is 22.2 Å². The molecule has 1 aromatic rings. The molecule has 0 aliphatic carbocycles. The van der Waals surface area contributed by atoms with Crippen LogP contribution in [0.15, 0.2) is 4.79 Å². The van der Waals surface area contributed by atoms with E-state index < -0.39 is 0 Å². The van der Waals surface area contributed by atoms with Crippen molar-refractivity contribution in [2.45, 2.75) is 25.9 Å². The van der Waals surface area contributed by atoms with Gasteiger partial charge in [-0.1, -0.05) is 0 Å². The smallest absolute Gasteiger partial charge is 0.328 e. The summed E-state index contributed by atoms with van der Waals surface area (Å²) >= 11 is 0. The zero-order chi connectivity index (χ0) is 9.42. The summed E-state index contributed by atoms with van der Waals surface area (Å²) in [5, 5.41) is 0. The minimum absolute atomic E-state index is 0.0400. The van der Waals surface area contributed by atoms with Crippen molar-refractivity contribution in [2.75, 3.05) is 6.61 Å². The standard InChI is InChI=1S/C8H13N3O2/c1-5(9)4-11-7-6(2-3-13-7)10-8(11)12/h5H,2-4,9H2,1H3,(H,10,12). The van der Waals surface area contributed by atoms with Crippen LogP contribution in [0.25, 0.3) is 0 Å². The molecule has 2 rings (SSSR count). The first-order valence-corrected chi connectivity index (χ1v) is 4.38. The van der Waals surface area contributed by atoms with E-state index in [9.17, 15) is 4.79 Å². The Morgan fingerprint density at radius 1 is 1.77 bits per heavy atom. The molecule has 0 saturated heterocycles. The summed E-state index contributed by atoms with van der Waals surface area (Å²) < 4.78 is 6.89. The maximum Gasteiger partial charge on any atom is 0.328 e. The van der Waals surface area contributed by atoms with E-state index in [0.717, 1.165) is 12.1 Å². The highest BCUT2D eigenvalue weighted by Crippen LogP contribution is 2.21. The van der Waals surface area contributed by atoms with Crippen LogP contribution in [0.5, 0.6) is 5.88 Å². The topological polar surface area (TPSA) is 73.0 Å². The van der Waals surface area contributed by atoms with E-state index in [1.807, 2.05) is 6.92 Å². The van der Waals surface area contributed by atoms with Gasteiger partial charge in [-0.25, -0.2) is 4.79 Å². The SMILES string of the molecule is CC(N)Cn1c2c([nH]c1=O)CCO2. The quantitative estimate of drug-likeness (QED) is 0.646. The molecule has 1 aliphatic heterocycles. The van der Waals surface area contributed by atoms with Gasteiger partial charge in [0.15, 0.2) is 0 Å². The summed E-state index contributed by atoms with van der Waals surface area (Å²) in [5.41, 5.74) is 6.39. The molecule has 1 aliphatic rings. The van der Waals surface area contributed by atoms with Crippen molar-refractivity contribution in [1.29, 1.82) is 0 Å². The third-order valence-corrected chi connectivity index (χ3v) is 2.07. The minimum Gasteiger partial charge on any atom is -0.477 e. The van der Waals surface area contributed by atoms with Crippen LogP contribution in [0.2, 0.25) is 0 Å². The number of rotatable bonds is 2. The molecule has 5 nitrogen and oxygen atoms in total. The Morgan fingerprint density at radius 2 is 2.54 bits per heavy atom. The van der Waals surface area contributed by atoms with E-state index in [4.69, 9.17) is 10.5 Å². The summed E-state index contributed by atoms with van der Waals surface area (Å²) in [6.45, 7) is 3.02. The zero-order valence-corrected chi connectivity index (χ0v) is 7.54. The molecular formula is C8H13N3O2. The van der Waals surface area contributed by atoms with Gasteiger partial charge in [-0.2, -0.15) is 0 Å². The third-order valence-electron chi connectivity index (χ3n) is 2.07. The highest BCUT2D eigenvalue weighted by Gasteiger charge is 2.20. The highest BCUT2D eigenvalue weighted by atomic mass is 16.5. The maximum absolute atomic E-state index is 11.4. The number of aromatic nitrogens is 2. The molecule has 2 heterocycles. The summed E-state index contributed by atoms with van der Waals surface area (Å²) in [4.78, 5) is 14.1. The van der Waals surface area contributed by atoms with Crippen molar-refractivity contribution in [3.63, 3.8) is 0 Å². The lowest BCUT2D eigenvalue weighted by molar-refractivity contribution is 0.319. The Hall–Kier alpha value is -1.23. The van der Waals surface area contributed by atoms with E-state index in [1.165, 1.54) is 0 Å². The predicted molar refractivity (Wildman–Crippen MR) is 47.9 cm³/mol. The van der Waals surface area contributed by atoms with Crippen LogP contribution in [0, 0.1) is 0 Å². The summed E-state index contributed by atoms with van der Waals surface area (Å²) in [7, 11) is 0. The monoisotopic (exact) mass is 183 g/mol. The van der Waals surface area contributed by atoms with Gasteiger partial charge in [-0.3, -0.25) is 4.57 Å². The number of ether oxygens (including phenoxy) is 1. The van der Waals surface area contributed by atoms with E-state index >= 15 is 0 Å². The maximum atomic E-state index is 11.4. The third kappa shape index (κ3) is 1.35. The second kappa shape index (κ2) is 2.92. The number of nitrogens with two attached hydrogens (primary N) is 1. The number of nitrogens with zero attached hydrogens (tertiary/aromatic N) is 1. The number of hydrogen-bond acceptors (Lipinski definition) is 3. The number of H-pyrrole nitrogens is 1. The number of imidazole rings is 1. The van der Waals surface area contributed by atoms with E-state index in [1.54, 1.807) is 4.57 Å². The molecular weight excluding hydrogens is 170 g/mol. The lowest BCUT2D eigenvalue weighted by Crippen LogP contribution is -2.28. The van der Waals surface area contributed by atoms with Gasteiger partial charge in [0.1, 0.15) is 0 Å². The van der Waals surface area contributed by atoms with Crippen LogP contribution in [0.4, 0.5) is 0 Å².